The van der Waals surface area contributed by atoms with Crippen molar-refractivity contribution < 1.29 is 19.7 Å². The number of anilines is 3. The summed E-state index contributed by atoms with van der Waals surface area (Å²) in [6.07, 6.45) is 9.66. The zero-order chi connectivity index (χ0) is 31.6. The number of aryl methyl sites for hydroxylation is 1. The maximum absolute atomic E-state index is 10.4. The van der Waals surface area contributed by atoms with Gasteiger partial charge in [0, 0.05) is 37.5 Å². The number of phenols is 1. The minimum Gasteiger partial charge on any atom is -0.508 e. The summed E-state index contributed by atoms with van der Waals surface area (Å²) in [5.41, 5.74) is 3.85. The highest BCUT2D eigenvalue weighted by Crippen LogP contribution is 2.60. The van der Waals surface area contributed by atoms with Gasteiger partial charge in [-0.05, 0) is 123 Å². The molecule has 2 heterocycles. The SMILES string of the molecule is CNc1ccnc(Nc2ccc(OC)c(OC[C@@H]3CCN(C)C3)c2)n1.C[C@]12CC[C@@H]3c4ccc(O)cc4CC[C@H]3[C@@H]1CC[C@@H]2O. The molecule has 0 spiro atoms. The van der Waals surface area contributed by atoms with E-state index in [4.69, 9.17) is 9.47 Å². The number of aliphatic hydroxyl groups is 1. The summed E-state index contributed by atoms with van der Waals surface area (Å²) in [6.45, 7) is 5.21. The number of aliphatic hydroxyl groups excluding tert-OH is 1. The average molecular weight is 616 g/mol. The monoisotopic (exact) mass is 615 g/mol. The lowest BCUT2D eigenvalue weighted by Gasteiger charge is -2.50. The Bertz CT molecular complexity index is 1470. The number of likely N-dealkylation sites (tertiary alicyclic amines) is 1. The number of phenolic OH excluding ortho intramolecular Hbond substituents is 1. The number of benzene rings is 2. The molecule has 3 aromatic rings. The highest BCUT2D eigenvalue weighted by Gasteiger charge is 2.54. The van der Waals surface area contributed by atoms with Gasteiger partial charge in [-0.1, -0.05) is 13.0 Å². The van der Waals surface area contributed by atoms with Gasteiger partial charge in [-0.25, -0.2) is 4.98 Å². The first-order chi connectivity index (χ1) is 21.8. The van der Waals surface area contributed by atoms with Gasteiger partial charge in [0.1, 0.15) is 11.6 Å². The third-order valence-electron chi connectivity index (χ3n) is 11.0. The summed E-state index contributed by atoms with van der Waals surface area (Å²) in [4.78, 5) is 10.9. The molecular formula is C36H49N5O4. The molecule has 0 bridgehead atoms. The molecular weight excluding hydrogens is 566 g/mol. The Balaban J connectivity index is 0.000000162. The summed E-state index contributed by atoms with van der Waals surface area (Å²) < 4.78 is 11.5. The van der Waals surface area contributed by atoms with E-state index in [0.717, 1.165) is 61.3 Å². The number of hydrogen-bond donors (Lipinski definition) is 4. The molecule has 0 unspecified atom stereocenters. The fraction of sp³-hybridized carbons (Fsp3) is 0.556. The molecule has 0 amide bonds. The zero-order valence-electron chi connectivity index (χ0n) is 27.1. The van der Waals surface area contributed by atoms with Crippen LogP contribution in [0.3, 0.4) is 0 Å². The quantitative estimate of drug-likeness (QED) is 0.246. The first kappa shape index (κ1) is 31.4. The second-order valence-electron chi connectivity index (χ2n) is 13.7. The van der Waals surface area contributed by atoms with Crippen molar-refractivity contribution in [1.29, 1.82) is 0 Å². The highest BCUT2D eigenvalue weighted by atomic mass is 16.5. The van der Waals surface area contributed by atoms with Crippen LogP contribution in [-0.2, 0) is 6.42 Å². The van der Waals surface area contributed by atoms with E-state index in [9.17, 15) is 10.2 Å². The Labute approximate surface area is 267 Å². The number of methoxy groups -OCH3 is 1. The molecule has 2 aromatic carbocycles. The van der Waals surface area contributed by atoms with Crippen LogP contribution >= 0.6 is 0 Å². The molecule has 4 N–H and O–H groups in total. The number of rotatable bonds is 7. The molecule has 0 radical (unpaired) electrons. The van der Waals surface area contributed by atoms with Gasteiger partial charge in [0.25, 0.3) is 0 Å². The standard InChI is InChI=1S/C18H25N5O2.C18H24O2/c1-19-17-6-8-20-18(22-17)21-14-4-5-15(24-3)16(10-14)25-12-13-7-9-23(2)11-13;1-18-9-8-14-13-5-3-12(19)10-11(13)2-4-15(14)16(18)6-7-17(18)20/h4-6,8,10,13H,7,9,11-12H2,1-3H3,(H2,19,20,21,22);3,5,10,14-17,19-20H,2,4,6-9H2,1H3/t13-;14-,15-,16+,17+,18+/m11/s1. The Hall–Kier alpha value is -3.56. The summed E-state index contributed by atoms with van der Waals surface area (Å²) in [5.74, 6) is 5.78. The number of hydrogen-bond acceptors (Lipinski definition) is 9. The Morgan fingerprint density at radius 1 is 1.04 bits per heavy atom. The Morgan fingerprint density at radius 2 is 1.91 bits per heavy atom. The van der Waals surface area contributed by atoms with E-state index in [0.29, 0.717) is 36.1 Å². The smallest absolute Gasteiger partial charge is 0.229 e. The minimum absolute atomic E-state index is 0.0883. The van der Waals surface area contributed by atoms with Crippen molar-refractivity contribution in [3.8, 4) is 17.2 Å². The predicted molar refractivity (Wildman–Crippen MR) is 178 cm³/mol. The predicted octanol–water partition coefficient (Wildman–Crippen LogP) is 6.21. The third kappa shape index (κ3) is 6.70. The van der Waals surface area contributed by atoms with Crippen molar-refractivity contribution in [2.45, 2.75) is 63.9 Å². The fourth-order valence-electron chi connectivity index (χ4n) is 8.47. The lowest BCUT2D eigenvalue weighted by atomic mass is 9.55. The molecule has 3 fully saturated rings. The van der Waals surface area contributed by atoms with Gasteiger partial charge >= 0.3 is 0 Å². The Kier molecular flexibility index (Phi) is 9.38. The second-order valence-corrected chi connectivity index (χ2v) is 13.7. The van der Waals surface area contributed by atoms with Crippen LogP contribution in [-0.4, -0.2) is 72.1 Å². The van der Waals surface area contributed by atoms with Crippen molar-refractivity contribution in [3.05, 3.63) is 59.8 Å². The van der Waals surface area contributed by atoms with Gasteiger partial charge in [0.15, 0.2) is 11.5 Å². The van der Waals surface area contributed by atoms with Crippen LogP contribution in [0.1, 0.15) is 62.5 Å². The average Bonchev–Trinajstić information content (AvgIpc) is 3.61. The van der Waals surface area contributed by atoms with Crippen LogP contribution in [0.25, 0.3) is 0 Å². The number of fused-ring (bicyclic) bond motifs is 5. The van der Waals surface area contributed by atoms with Gasteiger partial charge in [-0.2, -0.15) is 4.98 Å². The van der Waals surface area contributed by atoms with Crippen LogP contribution in [0.2, 0.25) is 0 Å². The normalized spacial score (nSPS) is 28.6. The molecule has 45 heavy (non-hydrogen) atoms. The van der Waals surface area contributed by atoms with Gasteiger partial charge in [0.2, 0.25) is 5.95 Å². The lowest BCUT2D eigenvalue weighted by Crippen LogP contribution is -2.43. The van der Waals surface area contributed by atoms with Crippen LogP contribution in [0.5, 0.6) is 17.2 Å². The number of aromatic nitrogens is 2. The van der Waals surface area contributed by atoms with E-state index < -0.39 is 0 Å². The topological polar surface area (TPSA) is 112 Å². The number of nitrogens with one attached hydrogen (secondary N) is 2. The minimum atomic E-state index is -0.0883. The first-order valence-corrected chi connectivity index (χ1v) is 16.5. The summed E-state index contributed by atoms with van der Waals surface area (Å²) in [7, 11) is 5.62. The maximum atomic E-state index is 10.4. The number of aromatic hydroxyl groups is 1. The number of ether oxygens (including phenoxy) is 2. The first-order valence-electron chi connectivity index (χ1n) is 16.5. The molecule has 1 aliphatic heterocycles. The van der Waals surface area contributed by atoms with E-state index in [1.165, 1.54) is 36.8 Å². The second kappa shape index (κ2) is 13.4. The molecule has 1 aromatic heterocycles. The van der Waals surface area contributed by atoms with Crippen molar-refractivity contribution in [1.82, 2.24) is 14.9 Å². The molecule has 4 aliphatic rings. The largest absolute Gasteiger partial charge is 0.508 e. The maximum Gasteiger partial charge on any atom is 0.229 e. The van der Waals surface area contributed by atoms with E-state index in [1.54, 1.807) is 13.3 Å². The van der Waals surface area contributed by atoms with Gasteiger partial charge in [0.05, 0.1) is 19.8 Å². The summed E-state index contributed by atoms with van der Waals surface area (Å²) in [6, 6.07) is 13.5. The van der Waals surface area contributed by atoms with E-state index in [-0.39, 0.29) is 11.5 Å². The summed E-state index contributed by atoms with van der Waals surface area (Å²) in [5, 5.41) is 26.2. The highest BCUT2D eigenvalue weighted by molar-refractivity contribution is 5.60. The summed E-state index contributed by atoms with van der Waals surface area (Å²) >= 11 is 0. The van der Waals surface area contributed by atoms with Crippen LogP contribution < -0.4 is 20.1 Å². The lowest BCUT2D eigenvalue weighted by molar-refractivity contribution is -0.0226. The van der Waals surface area contributed by atoms with E-state index in [2.05, 4.69) is 45.5 Å². The Morgan fingerprint density at radius 3 is 2.69 bits per heavy atom. The molecule has 9 heteroatoms. The molecule has 7 rings (SSSR count). The van der Waals surface area contributed by atoms with Gasteiger partial charge in [-0.3, -0.25) is 0 Å². The fourth-order valence-corrected chi connectivity index (χ4v) is 8.47. The van der Waals surface area contributed by atoms with Gasteiger partial charge < -0.3 is 35.2 Å². The molecule has 3 aliphatic carbocycles. The molecule has 6 atom stereocenters. The van der Waals surface area contributed by atoms with Crippen molar-refractivity contribution in [2.75, 3.05) is 51.5 Å². The zero-order valence-corrected chi connectivity index (χ0v) is 27.1. The third-order valence-corrected chi connectivity index (χ3v) is 11.0. The van der Waals surface area contributed by atoms with Crippen LogP contribution in [0.4, 0.5) is 17.5 Å². The number of nitrogens with zero attached hydrogens (tertiary/aromatic N) is 3. The van der Waals surface area contributed by atoms with E-state index in [1.807, 2.05) is 43.4 Å². The van der Waals surface area contributed by atoms with Crippen molar-refractivity contribution in [2.24, 2.45) is 23.2 Å². The van der Waals surface area contributed by atoms with E-state index >= 15 is 0 Å². The molecule has 9 nitrogen and oxygen atoms in total. The van der Waals surface area contributed by atoms with Gasteiger partial charge in [-0.15, -0.1) is 0 Å². The van der Waals surface area contributed by atoms with Crippen LogP contribution in [0.15, 0.2) is 48.7 Å². The van der Waals surface area contributed by atoms with Crippen molar-refractivity contribution in [3.63, 3.8) is 0 Å². The van der Waals surface area contributed by atoms with Crippen molar-refractivity contribution >= 4 is 17.5 Å². The molecule has 242 valence electrons. The molecule has 2 saturated carbocycles. The molecule has 1 saturated heterocycles. The van der Waals surface area contributed by atoms with Crippen LogP contribution in [0, 0.1) is 23.2 Å².